The Balaban J connectivity index is 0. The number of rotatable bonds is 2. The normalized spacial score (nSPS) is 9.50. The average molecular weight is 304 g/mol. The molecule has 0 saturated carbocycles. The van der Waals surface area contributed by atoms with Crippen LogP contribution >= 0.6 is 0 Å². The monoisotopic (exact) mass is 304 g/mol. The zero-order valence-electron chi connectivity index (χ0n) is 12.7. The molecule has 116 valence electrons. The topological polar surface area (TPSA) is 81.4 Å². The van der Waals surface area contributed by atoms with Crippen molar-refractivity contribution in [2.45, 2.75) is 27.2 Å². The molecule has 0 bridgehead atoms. The molecule has 7 heteroatoms. The summed E-state index contributed by atoms with van der Waals surface area (Å²) in [6, 6.07) is 5.48. The van der Waals surface area contributed by atoms with Crippen molar-refractivity contribution in [2.24, 2.45) is 0 Å². The summed E-state index contributed by atoms with van der Waals surface area (Å²) in [7, 11) is -0.475. The van der Waals surface area contributed by atoms with Crippen molar-refractivity contribution >= 4 is 16.1 Å². The third-order valence-corrected chi connectivity index (χ3v) is 2.68. The van der Waals surface area contributed by atoms with Gasteiger partial charge in [-0.15, -0.1) is 0 Å². The van der Waals surface area contributed by atoms with E-state index in [1.807, 2.05) is 32.0 Å². The van der Waals surface area contributed by atoms with Crippen LogP contribution in [0.2, 0.25) is 0 Å². The van der Waals surface area contributed by atoms with E-state index in [2.05, 4.69) is 0 Å². The third-order valence-electron chi connectivity index (χ3n) is 1.77. The van der Waals surface area contributed by atoms with Gasteiger partial charge in [-0.3, -0.25) is 0 Å². The third kappa shape index (κ3) is 11.6. The van der Waals surface area contributed by atoms with Gasteiger partial charge in [0.1, 0.15) is 0 Å². The van der Waals surface area contributed by atoms with Crippen LogP contribution in [0.15, 0.2) is 30.6 Å². The Morgan fingerprint density at radius 1 is 1.15 bits per heavy atom. The highest BCUT2D eigenvalue weighted by molar-refractivity contribution is 7.85. The highest BCUT2D eigenvalue weighted by Gasteiger charge is 2.13. The van der Waals surface area contributed by atoms with Gasteiger partial charge in [-0.2, -0.15) is 9.36 Å². The second kappa shape index (κ2) is 11.4. The quantitative estimate of drug-likeness (QED) is 0.612. The van der Waals surface area contributed by atoms with Crippen LogP contribution in [0.3, 0.4) is 0 Å². The molecule has 0 saturated heterocycles. The molecule has 0 fully saturated rings. The van der Waals surface area contributed by atoms with Crippen molar-refractivity contribution in [3.8, 4) is 0 Å². The Bertz CT molecular complexity index is 459. The van der Waals surface area contributed by atoms with Crippen LogP contribution in [0.5, 0.6) is 0 Å². The number of carbonyl (C=O) groups excluding carboxylic acids is 1. The highest BCUT2D eigenvalue weighted by Crippen LogP contribution is 1.83. The maximum Gasteiger partial charge on any atom is 0.497 e. The summed E-state index contributed by atoms with van der Waals surface area (Å²) < 4.78 is 30.6. The zero-order valence-corrected chi connectivity index (χ0v) is 13.6. The molecule has 1 rings (SSSR count). The molecule has 20 heavy (non-hydrogen) atoms. The number of amides is 1. The number of hydrogen-bond acceptors (Lipinski definition) is 4. The van der Waals surface area contributed by atoms with Crippen LogP contribution in [0, 0.1) is 0 Å². The van der Waals surface area contributed by atoms with Gasteiger partial charge >= 0.3 is 6.03 Å². The van der Waals surface area contributed by atoms with Crippen LogP contribution in [-0.4, -0.2) is 43.7 Å². The maximum absolute atomic E-state index is 11.2. The lowest BCUT2D eigenvalue weighted by Gasteiger charge is -2.01. The largest absolute Gasteiger partial charge is 0.748 e. The molecule has 1 aromatic heterocycles. The molecule has 0 unspecified atom stereocenters. The lowest BCUT2D eigenvalue weighted by molar-refractivity contribution is -0.577. The fourth-order valence-corrected chi connectivity index (χ4v) is 1.51. The van der Waals surface area contributed by atoms with Crippen molar-refractivity contribution in [1.29, 1.82) is 0 Å². The van der Waals surface area contributed by atoms with Crippen molar-refractivity contribution in [2.75, 3.05) is 19.8 Å². The molecule has 1 aromatic rings. The highest BCUT2D eigenvalue weighted by atomic mass is 32.2. The minimum Gasteiger partial charge on any atom is -0.748 e. The number of hydrogen-bond donors (Lipinski definition) is 0. The lowest BCUT2D eigenvalue weighted by atomic mass is 10.5. The predicted molar refractivity (Wildman–Crippen MR) is 77.3 cm³/mol. The second-order valence-corrected chi connectivity index (χ2v) is 5.25. The first kappa shape index (κ1) is 20.8. The summed E-state index contributed by atoms with van der Waals surface area (Å²) in [5.41, 5.74) is 0. The molecule has 1 amide bonds. The summed E-state index contributed by atoms with van der Waals surface area (Å²) in [6.45, 7) is 5.65. The van der Waals surface area contributed by atoms with Crippen LogP contribution in [0.4, 0.5) is 4.79 Å². The number of aromatic nitrogens is 1. The molecule has 1 heterocycles. The molecule has 0 aliphatic rings. The zero-order chi connectivity index (χ0) is 16.2. The smallest absolute Gasteiger partial charge is 0.497 e. The Morgan fingerprint density at radius 2 is 1.60 bits per heavy atom. The van der Waals surface area contributed by atoms with Gasteiger partial charge in [0.15, 0.2) is 0 Å². The molecule has 0 aliphatic heterocycles. The molecular weight excluding hydrogens is 280 g/mol. The summed E-state index contributed by atoms with van der Waals surface area (Å²) in [5.74, 6) is -0.243. The minimum atomic E-state index is -3.92. The second-order valence-electron chi connectivity index (χ2n) is 3.72. The Morgan fingerprint density at radius 3 is 1.85 bits per heavy atom. The lowest BCUT2D eigenvalue weighted by Crippen LogP contribution is -2.48. The fraction of sp³-hybridized carbons (Fsp3) is 0.538. The Kier molecular flexibility index (Phi) is 11.8. The average Bonchev–Trinajstić information content (AvgIpc) is 2.40. The van der Waals surface area contributed by atoms with Gasteiger partial charge in [-0.25, -0.2) is 13.3 Å². The van der Waals surface area contributed by atoms with Crippen molar-refractivity contribution in [1.82, 2.24) is 4.90 Å². The van der Waals surface area contributed by atoms with Gasteiger partial charge in [0.2, 0.25) is 0 Å². The number of carbonyl (C=O) groups is 1. The van der Waals surface area contributed by atoms with E-state index in [0.29, 0.717) is 6.42 Å². The van der Waals surface area contributed by atoms with Gasteiger partial charge in [0.25, 0.3) is 0 Å². The van der Waals surface area contributed by atoms with E-state index >= 15 is 0 Å². The molecule has 6 nitrogen and oxygen atoms in total. The Hall–Kier alpha value is -1.47. The van der Waals surface area contributed by atoms with Gasteiger partial charge in [-0.1, -0.05) is 26.8 Å². The molecule has 0 aromatic carbocycles. The molecular formula is C13H24N2O4S. The van der Waals surface area contributed by atoms with E-state index in [1.165, 1.54) is 9.47 Å². The van der Waals surface area contributed by atoms with E-state index in [0.717, 1.165) is 0 Å². The molecule has 0 N–H and O–H groups in total. The first-order valence-electron chi connectivity index (χ1n) is 6.39. The SMILES string of the molecule is CC.CCCS(=O)(=O)[O-].CN(C)C(=O)[n+]1ccccc1. The summed E-state index contributed by atoms with van der Waals surface area (Å²) in [5, 5.41) is 0. The van der Waals surface area contributed by atoms with Gasteiger partial charge in [-0.05, 0) is 18.6 Å². The van der Waals surface area contributed by atoms with E-state index in [9.17, 15) is 17.8 Å². The van der Waals surface area contributed by atoms with Crippen LogP contribution in [0.1, 0.15) is 27.2 Å². The van der Waals surface area contributed by atoms with Gasteiger partial charge in [0, 0.05) is 5.75 Å². The van der Waals surface area contributed by atoms with Crippen LogP contribution in [0.25, 0.3) is 0 Å². The molecule has 0 spiro atoms. The molecule has 0 aliphatic carbocycles. The van der Waals surface area contributed by atoms with Crippen LogP contribution < -0.4 is 4.57 Å². The number of nitrogens with zero attached hydrogens (tertiary/aromatic N) is 2. The molecule has 0 radical (unpaired) electrons. The van der Waals surface area contributed by atoms with Crippen molar-refractivity contribution in [3.63, 3.8) is 0 Å². The van der Waals surface area contributed by atoms with E-state index in [1.54, 1.807) is 33.4 Å². The maximum atomic E-state index is 11.2. The first-order valence-corrected chi connectivity index (χ1v) is 7.97. The van der Waals surface area contributed by atoms with Gasteiger partial charge in [0.05, 0.1) is 36.6 Å². The van der Waals surface area contributed by atoms with E-state index < -0.39 is 10.1 Å². The van der Waals surface area contributed by atoms with E-state index in [4.69, 9.17) is 0 Å². The molecule has 0 atom stereocenters. The van der Waals surface area contributed by atoms with Crippen LogP contribution in [-0.2, 0) is 10.1 Å². The summed E-state index contributed by atoms with van der Waals surface area (Å²) in [4.78, 5) is 12.8. The summed E-state index contributed by atoms with van der Waals surface area (Å²) in [6.07, 6.45) is 3.86. The van der Waals surface area contributed by atoms with Crippen molar-refractivity contribution < 1.29 is 22.3 Å². The predicted octanol–water partition coefficient (Wildman–Crippen LogP) is 1.47. The van der Waals surface area contributed by atoms with E-state index in [-0.39, 0.29) is 11.8 Å². The first-order chi connectivity index (χ1) is 9.28. The summed E-state index contributed by atoms with van der Waals surface area (Å²) >= 11 is 0. The number of pyridine rings is 1. The van der Waals surface area contributed by atoms with Gasteiger partial charge < -0.3 is 4.55 Å². The fourth-order valence-electron chi connectivity index (χ4n) is 1.01. The minimum absolute atomic E-state index is 0.0365. The Labute approximate surface area is 121 Å². The van der Waals surface area contributed by atoms with Crippen molar-refractivity contribution in [3.05, 3.63) is 30.6 Å². The standard InChI is InChI=1S/C8H11N2O.C3H8O3S.C2H6/c1-9(2)8(11)10-6-4-3-5-7-10;1-2-3-7(4,5)6;1-2/h3-7H,1-2H3;2-3H2,1H3,(H,4,5,6);1-2H3/q+1;;/p-1.